The number of methoxy groups -OCH3 is 1. The van der Waals surface area contributed by atoms with Crippen LogP contribution in [0.25, 0.3) is 10.9 Å². The van der Waals surface area contributed by atoms with E-state index in [2.05, 4.69) is 10.3 Å². The molecule has 0 atom stereocenters. The van der Waals surface area contributed by atoms with Crippen LogP contribution in [-0.4, -0.2) is 37.6 Å². The Morgan fingerprint density at radius 1 is 1.14 bits per heavy atom. The van der Waals surface area contributed by atoms with Gasteiger partial charge in [0.05, 0.1) is 7.11 Å². The highest BCUT2D eigenvalue weighted by atomic mass is 19.3. The molecular formula is C21H22F4N2O2. The molecule has 0 saturated heterocycles. The molecule has 156 valence electrons. The lowest BCUT2D eigenvalue weighted by atomic mass is 10.1. The first kappa shape index (κ1) is 21.0. The van der Waals surface area contributed by atoms with Crippen molar-refractivity contribution in [3.05, 3.63) is 59.8 Å². The van der Waals surface area contributed by atoms with E-state index in [9.17, 15) is 17.6 Å². The number of benzene rings is 2. The molecule has 8 heteroatoms. The van der Waals surface area contributed by atoms with Crippen molar-refractivity contribution >= 4 is 10.9 Å². The third-order valence-corrected chi connectivity index (χ3v) is 4.52. The van der Waals surface area contributed by atoms with E-state index in [4.69, 9.17) is 9.47 Å². The normalized spacial score (nSPS) is 11.9. The van der Waals surface area contributed by atoms with Crippen molar-refractivity contribution in [1.82, 2.24) is 10.3 Å². The highest BCUT2D eigenvalue weighted by Gasteiger charge is 2.41. The van der Waals surface area contributed by atoms with Crippen LogP contribution < -0.4 is 14.8 Å². The maximum absolute atomic E-state index is 13.0. The van der Waals surface area contributed by atoms with E-state index < -0.39 is 19.0 Å². The summed E-state index contributed by atoms with van der Waals surface area (Å²) in [6.07, 6.45) is -1.04. The van der Waals surface area contributed by atoms with Gasteiger partial charge in [-0.3, -0.25) is 0 Å². The second-order valence-corrected chi connectivity index (χ2v) is 6.62. The molecule has 2 aromatic carbocycles. The second-order valence-electron chi connectivity index (χ2n) is 6.62. The number of hydrogen-bond donors (Lipinski definition) is 2. The van der Waals surface area contributed by atoms with Gasteiger partial charge in [0.25, 0.3) is 0 Å². The minimum Gasteiger partial charge on any atom is -0.496 e. The number of aromatic nitrogens is 1. The molecule has 0 saturated carbocycles. The van der Waals surface area contributed by atoms with Crippen molar-refractivity contribution in [2.75, 3.05) is 20.3 Å². The summed E-state index contributed by atoms with van der Waals surface area (Å²) < 4.78 is 60.6. The van der Waals surface area contributed by atoms with Gasteiger partial charge in [-0.1, -0.05) is 18.2 Å². The number of rotatable bonds is 10. The van der Waals surface area contributed by atoms with Gasteiger partial charge in [-0.05, 0) is 48.4 Å². The lowest BCUT2D eigenvalue weighted by Gasteiger charge is -2.16. The van der Waals surface area contributed by atoms with Gasteiger partial charge in [-0.15, -0.1) is 0 Å². The molecule has 4 nitrogen and oxygen atoms in total. The molecule has 3 rings (SSSR count). The van der Waals surface area contributed by atoms with Gasteiger partial charge in [-0.25, -0.2) is 8.78 Å². The summed E-state index contributed by atoms with van der Waals surface area (Å²) in [6.45, 7) is -0.189. The zero-order valence-electron chi connectivity index (χ0n) is 15.9. The fraction of sp³-hybridized carbons (Fsp3) is 0.333. The third kappa shape index (κ3) is 5.20. The fourth-order valence-corrected chi connectivity index (χ4v) is 3.03. The Hall–Kier alpha value is -2.74. The highest BCUT2D eigenvalue weighted by Crippen LogP contribution is 2.28. The van der Waals surface area contributed by atoms with Gasteiger partial charge in [0, 0.05) is 23.6 Å². The Morgan fingerprint density at radius 3 is 2.69 bits per heavy atom. The summed E-state index contributed by atoms with van der Waals surface area (Å²) in [4.78, 5) is 3.22. The molecule has 1 heterocycles. The molecule has 0 fully saturated rings. The Kier molecular flexibility index (Phi) is 6.64. The lowest BCUT2D eigenvalue weighted by Crippen LogP contribution is -2.33. The Labute approximate surface area is 165 Å². The lowest BCUT2D eigenvalue weighted by molar-refractivity contribution is -0.148. The molecule has 0 spiro atoms. The number of halogens is 4. The van der Waals surface area contributed by atoms with Gasteiger partial charge < -0.3 is 19.8 Å². The quantitative estimate of drug-likeness (QED) is 0.373. The Morgan fingerprint density at radius 2 is 1.93 bits per heavy atom. The van der Waals surface area contributed by atoms with E-state index in [0.29, 0.717) is 13.1 Å². The minimum atomic E-state index is -4.17. The van der Waals surface area contributed by atoms with Crippen LogP contribution in [0.5, 0.6) is 11.5 Å². The van der Waals surface area contributed by atoms with E-state index in [-0.39, 0.29) is 5.75 Å². The molecular weight excluding hydrogens is 388 g/mol. The average Bonchev–Trinajstić information content (AvgIpc) is 3.13. The molecule has 29 heavy (non-hydrogen) atoms. The summed E-state index contributed by atoms with van der Waals surface area (Å²) in [7, 11) is 1.63. The number of H-pyrrole nitrogens is 1. The molecule has 0 aliphatic carbocycles. The fourth-order valence-electron chi connectivity index (χ4n) is 3.03. The summed E-state index contributed by atoms with van der Waals surface area (Å²) >= 11 is 0. The second kappa shape index (κ2) is 9.17. The van der Waals surface area contributed by atoms with Crippen molar-refractivity contribution in [2.24, 2.45) is 0 Å². The highest BCUT2D eigenvalue weighted by molar-refractivity contribution is 5.89. The number of aromatic amines is 1. The minimum absolute atomic E-state index is 0.131. The summed E-state index contributed by atoms with van der Waals surface area (Å²) in [6, 6.07) is 12.3. The van der Waals surface area contributed by atoms with Gasteiger partial charge in [-0.2, -0.15) is 8.78 Å². The smallest absolute Gasteiger partial charge is 0.340 e. The largest absolute Gasteiger partial charge is 0.496 e. The Balaban J connectivity index is 1.53. The number of fused-ring (bicyclic) bond motifs is 1. The zero-order valence-corrected chi connectivity index (χ0v) is 15.9. The van der Waals surface area contributed by atoms with Crippen molar-refractivity contribution in [3.8, 4) is 11.5 Å². The van der Waals surface area contributed by atoms with Crippen LogP contribution >= 0.6 is 0 Å². The first-order valence-electron chi connectivity index (χ1n) is 9.12. The number of alkyl halides is 4. The van der Waals surface area contributed by atoms with Crippen molar-refractivity contribution < 1.29 is 27.0 Å². The topological polar surface area (TPSA) is 46.3 Å². The van der Waals surface area contributed by atoms with Crippen LogP contribution in [0, 0.1) is 0 Å². The molecule has 0 bridgehead atoms. The Bertz CT molecular complexity index is 943. The molecule has 2 N–H and O–H groups in total. The van der Waals surface area contributed by atoms with Gasteiger partial charge in [0.2, 0.25) is 0 Å². The van der Waals surface area contributed by atoms with Gasteiger partial charge >= 0.3 is 12.3 Å². The molecule has 1 aromatic heterocycles. The maximum atomic E-state index is 13.0. The third-order valence-electron chi connectivity index (χ3n) is 4.52. The van der Waals surface area contributed by atoms with Gasteiger partial charge in [0.1, 0.15) is 11.5 Å². The van der Waals surface area contributed by atoms with Gasteiger partial charge in [0.15, 0.2) is 6.61 Å². The van der Waals surface area contributed by atoms with E-state index in [0.717, 1.165) is 34.2 Å². The number of ether oxygens (including phenoxy) is 2. The van der Waals surface area contributed by atoms with Crippen LogP contribution in [0.15, 0.2) is 48.7 Å². The van der Waals surface area contributed by atoms with Crippen molar-refractivity contribution in [2.45, 2.75) is 25.3 Å². The van der Waals surface area contributed by atoms with Crippen LogP contribution in [0.4, 0.5) is 17.6 Å². The van der Waals surface area contributed by atoms with E-state index in [1.807, 2.05) is 24.4 Å². The van der Waals surface area contributed by atoms with E-state index in [1.165, 1.54) is 6.07 Å². The average molecular weight is 410 g/mol. The number of hydrogen-bond acceptors (Lipinski definition) is 3. The molecule has 0 unspecified atom stereocenters. The van der Waals surface area contributed by atoms with E-state index in [1.54, 1.807) is 25.3 Å². The molecule has 0 amide bonds. The standard InChI is InChI=1S/C21H22F4N2O2/c1-28-18-7-3-6-17-19(18)15(12-27-17)8-9-26-11-14-4-2-5-16(10-14)29-13-21(24,25)20(22)23/h2-7,10,12,20,26-27H,8-9,11,13H2,1H3. The molecule has 0 aliphatic heterocycles. The predicted octanol–water partition coefficient (Wildman–Crippen LogP) is 4.79. The molecule has 0 radical (unpaired) electrons. The van der Waals surface area contributed by atoms with Crippen LogP contribution in [0.3, 0.4) is 0 Å². The van der Waals surface area contributed by atoms with Crippen molar-refractivity contribution in [3.63, 3.8) is 0 Å². The monoisotopic (exact) mass is 410 g/mol. The molecule has 3 aromatic rings. The first-order chi connectivity index (χ1) is 13.9. The predicted molar refractivity (Wildman–Crippen MR) is 103 cm³/mol. The summed E-state index contributed by atoms with van der Waals surface area (Å²) in [5.41, 5.74) is 2.93. The van der Waals surface area contributed by atoms with Crippen LogP contribution in [-0.2, 0) is 13.0 Å². The zero-order chi connectivity index (χ0) is 20.9. The molecule has 0 aliphatic rings. The summed E-state index contributed by atoms with van der Waals surface area (Å²) in [5.74, 6) is -3.23. The van der Waals surface area contributed by atoms with Crippen molar-refractivity contribution in [1.29, 1.82) is 0 Å². The SMILES string of the molecule is COc1cccc2[nH]cc(CCNCc3cccc(OCC(F)(F)C(F)F)c3)c12. The van der Waals surface area contributed by atoms with Crippen LogP contribution in [0.1, 0.15) is 11.1 Å². The number of nitrogens with one attached hydrogen (secondary N) is 2. The first-order valence-corrected chi connectivity index (χ1v) is 9.12. The summed E-state index contributed by atoms with van der Waals surface area (Å²) in [5, 5.41) is 4.33. The van der Waals surface area contributed by atoms with E-state index >= 15 is 0 Å². The van der Waals surface area contributed by atoms with Crippen LogP contribution in [0.2, 0.25) is 0 Å². The maximum Gasteiger partial charge on any atom is 0.340 e.